The summed E-state index contributed by atoms with van der Waals surface area (Å²) in [5.74, 6) is 0.747. The lowest BCUT2D eigenvalue weighted by Crippen LogP contribution is -2.27. The van der Waals surface area contributed by atoms with Crippen LogP contribution in [0.5, 0.6) is 0 Å². The Morgan fingerprint density at radius 2 is 2.12 bits per heavy atom. The molecular formula is C11H22N4S. The molecule has 0 spiro atoms. The average Bonchev–Trinajstić information content (AvgIpc) is 2.75. The lowest BCUT2D eigenvalue weighted by atomic mass is 10.1. The van der Waals surface area contributed by atoms with Gasteiger partial charge in [-0.25, -0.2) is 0 Å². The molecule has 0 aromatic carbocycles. The second-order valence-corrected chi connectivity index (χ2v) is 5.15. The highest BCUT2D eigenvalue weighted by Crippen LogP contribution is 2.16. The van der Waals surface area contributed by atoms with Crippen LogP contribution in [0, 0.1) is 5.92 Å². The molecule has 0 saturated heterocycles. The molecule has 92 valence electrons. The lowest BCUT2D eigenvalue weighted by molar-refractivity contribution is 0.237. The van der Waals surface area contributed by atoms with Crippen LogP contribution in [0.25, 0.3) is 0 Å². The first-order chi connectivity index (χ1) is 7.69. The molecule has 16 heavy (non-hydrogen) atoms. The number of nitrogens with zero attached hydrogens (tertiary/aromatic N) is 3. The summed E-state index contributed by atoms with van der Waals surface area (Å²) >= 11 is 1.64. The molecule has 0 fully saturated rings. The molecule has 4 nitrogen and oxygen atoms in total. The van der Waals surface area contributed by atoms with Gasteiger partial charge in [0, 0.05) is 13.6 Å². The summed E-state index contributed by atoms with van der Waals surface area (Å²) in [7, 11) is 1.88. The van der Waals surface area contributed by atoms with Gasteiger partial charge in [0.05, 0.1) is 6.54 Å². The van der Waals surface area contributed by atoms with E-state index in [1.807, 2.05) is 7.05 Å². The Kier molecular flexibility index (Phi) is 5.69. The van der Waals surface area contributed by atoms with Gasteiger partial charge in [-0.3, -0.25) is 4.90 Å². The molecule has 1 heterocycles. The maximum atomic E-state index is 4.17. The normalized spacial score (nSPS) is 13.1. The van der Waals surface area contributed by atoms with Crippen LogP contribution in [0.3, 0.4) is 0 Å². The molecule has 0 aliphatic rings. The molecule has 1 unspecified atom stereocenters. The van der Waals surface area contributed by atoms with E-state index in [4.69, 9.17) is 0 Å². The van der Waals surface area contributed by atoms with Crippen molar-refractivity contribution in [3.8, 4) is 0 Å². The summed E-state index contributed by atoms with van der Waals surface area (Å²) in [6, 6.07) is 0. The fourth-order valence-electron chi connectivity index (χ4n) is 1.49. The quantitative estimate of drug-likeness (QED) is 0.797. The summed E-state index contributed by atoms with van der Waals surface area (Å²) in [4.78, 5) is 2.42. The van der Waals surface area contributed by atoms with Crippen LogP contribution in [-0.2, 0) is 6.54 Å². The van der Waals surface area contributed by atoms with Crippen molar-refractivity contribution >= 4 is 16.5 Å². The second kappa shape index (κ2) is 6.81. The van der Waals surface area contributed by atoms with Gasteiger partial charge in [0.15, 0.2) is 0 Å². The van der Waals surface area contributed by atoms with Gasteiger partial charge >= 0.3 is 0 Å². The Bertz CT molecular complexity index is 300. The maximum Gasteiger partial charge on any atom is 0.205 e. The van der Waals surface area contributed by atoms with Gasteiger partial charge in [-0.1, -0.05) is 38.5 Å². The Morgan fingerprint density at radius 3 is 2.62 bits per heavy atom. The molecule has 0 saturated carbocycles. The molecule has 5 heteroatoms. The monoisotopic (exact) mass is 242 g/mol. The van der Waals surface area contributed by atoms with Gasteiger partial charge in [0.2, 0.25) is 5.13 Å². The van der Waals surface area contributed by atoms with Crippen molar-refractivity contribution in [2.75, 3.05) is 25.5 Å². The number of nitrogens with one attached hydrogen (secondary N) is 1. The van der Waals surface area contributed by atoms with Crippen molar-refractivity contribution in [2.45, 2.75) is 33.7 Å². The van der Waals surface area contributed by atoms with Gasteiger partial charge in [0.25, 0.3) is 0 Å². The molecule has 1 atom stereocenters. The first-order valence-electron chi connectivity index (χ1n) is 5.92. The van der Waals surface area contributed by atoms with Crippen molar-refractivity contribution < 1.29 is 0 Å². The van der Waals surface area contributed by atoms with Crippen molar-refractivity contribution in [2.24, 2.45) is 5.92 Å². The molecule has 0 radical (unpaired) electrons. The maximum absolute atomic E-state index is 4.17. The zero-order valence-corrected chi connectivity index (χ0v) is 11.5. The van der Waals surface area contributed by atoms with E-state index in [1.165, 1.54) is 6.42 Å². The summed E-state index contributed by atoms with van der Waals surface area (Å²) < 4.78 is 0. The Hall–Kier alpha value is -0.680. The van der Waals surface area contributed by atoms with Gasteiger partial charge in [-0.15, -0.1) is 10.2 Å². The van der Waals surface area contributed by atoms with Crippen LogP contribution in [0.4, 0.5) is 5.13 Å². The molecule has 1 aromatic heterocycles. The Labute approximate surface area is 102 Å². The third kappa shape index (κ3) is 4.06. The van der Waals surface area contributed by atoms with Crippen molar-refractivity contribution in [3.63, 3.8) is 0 Å². The predicted octanol–water partition coefficient (Wildman–Crippen LogP) is 2.45. The van der Waals surface area contributed by atoms with Crippen LogP contribution in [0.15, 0.2) is 0 Å². The Morgan fingerprint density at radius 1 is 1.38 bits per heavy atom. The van der Waals surface area contributed by atoms with Gasteiger partial charge in [-0.2, -0.15) is 0 Å². The minimum atomic E-state index is 0.747. The number of rotatable bonds is 7. The second-order valence-electron chi connectivity index (χ2n) is 4.09. The smallest absolute Gasteiger partial charge is 0.205 e. The SMILES string of the molecule is CCC(C)CN(CC)Cc1nnc(NC)s1. The summed E-state index contributed by atoms with van der Waals surface area (Å²) in [5.41, 5.74) is 0. The number of hydrogen-bond acceptors (Lipinski definition) is 5. The summed E-state index contributed by atoms with van der Waals surface area (Å²) in [6.07, 6.45) is 1.23. The molecule has 0 aliphatic carbocycles. The molecular weight excluding hydrogens is 220 g/mol. The highest BCUT2D eigenvalue weighted by Gasteiger charge is 2.10. The first kappa shape index (κ1) is 13.4. The van der Waals surface area contributed by atoms with Crippen LogP contribution in [0.1, 0.15) is 32.2 Å². The molecule has 0 amide bonds. The van der Waals surface area contributed by atoms with E-state index in [2.05, 4.69) is 41.2 Å². The molecule has 0 bridgehead atoms. The number of aromatic nitrogens is 2. The highest BCUT2D eigenvalue weighted by molar-refractivity contribution is 7.15. The third-order valence-corrected chi connectivity index (χ3v) is 3.68. The summed E-state index contributed by atoms with van der Waals surface area (Å²) in [6.45, 7) is 9.85. The van der Waals surface area contributed by atoms with E-state index in [1.54, 1.807) is 11.3 Å². The standard InChI is InChI=1S/C11H22N4S/c1-5-9(3)7-15(6-2)8-10-13-14-11(12-4)16-10/h9H,5-8H2,1-4H3,(H,12,14). The molecule has 1 rings (SSSR count). The fraction of sp³-hybridized carbons (Fsp3) is 0.818. The zero-order chi connectivity index (χ0) is 12.0. The fourth-order valence-corrected chi connectivity index (χ4v) is 2.22. The van der Waals surface area contributed by atoms with Gasteiger partial charge in [0.1, 0.15) is 5.01 Å². The lowest BCUT2D eigenvalue weighted by Gasteiger charge is -2.22. The number of hydrogen-bond donors (Lipinski definition) is 1. The summed E-state index contributed by atoms with van der Waals surface area (Å²) in [5, 5.41) is 13.2. The molecule has 0 aliphatic heterocycles. The van der Waals surface area contributed by atoms with Crippen molar-refractivity contribution in [3.05, 3.63) is 5.01 Å². The van der Waals surface area contributed by atoms with Crippen molar-refractivity contribution in [1.29, 1.82) is 0 Å². The van der Waals surface area contributed by atoms with E-state index in [0.29, 0.717) is 0 Å². The van der Waals surface area contributed by atoms with E-state index in [9.17, 15) is 0 Å². The third-order valence-electron chi connectivity index (χ3n) is 2.75. The largest absolute Gasteiger partial charge is 0.363 e. The first-order valence-corrected chi connectivity index (χ1v) is 6.73. The van der Waals surface area contributed by atoms with Crippen LogP contribution in [0.2, 0.25) is 0 Å². The van der Waals surface area contributed by atoms with Crippen molar-refractivity contribution in [1.82, 2.24) is 15.1 Å². The number of anilines is 1. The van der Waals surface area contributed by atoms with Crippen LogP contribution >= 0.6 is 11.3 Å². The minimum absolute atomic E-state index is 0.747. The average molecular weight is 242 g/mol. The predicted molar refractivity (Wildman–Crippen MR) is 69.9 cm³/mol. The highest BCUT2D eigenvalue weighted by atomic mass is 32.1. The van der Waals surface area contributed by atoms with Crippen LogP contribution in [-0.4, -0.2) is 35.2 Å². The van der Waals surface area contributed by atoms with Crippen LogP contribution < -0.4 is 5.32 Å². The molecule has 1 N–H and O–H groups in total. The van der Waals surface area contributed by atoms with Gasteiger partial charge < -0.3 is 5.32 Å². The zero-order valence-electron chi connectivity index (χ0n) is 10.7. The van der Waals surface area contributed by atoms with E-state index >= 15 is 0 Å². The van der Waals surface area contributed by atoms with E-state index in [-0.39, 0.29) is 0 Å². The topological polar surface area (TPSA) is 41.1 Å². The molecule has 1 aromatic rings. The van der Waals surface area contributed by atoms with E-state index < -0.39 is 0 Å². The van der Waals surface area contributed by atoms with Gasteiger partial charge in [-0.05, 0) is 12.5 Å². The minimum Gasteiger partial charge on any atom is -0.363 e. The van der Waals surface area contributed by atoms with E-state index in [0.717, 1.165) is 35.7 Å². The Balaban J connectivity index is 2.49.